The summed E-state index contributed by atoms with van der Waals surface area (Å²) in [5.41, 5.74) is 5.51. The molecule has 1 aliphatic heterocycles. The van der Waals surface area contributed by atoms with Crippen LogP contribution in [0, 0.1) is 0 Å². The molecule has 1 saturated heterocycles. The first-order valence-corrected chi connectivity index (χ1v) is 11.4. The van der Waals surface area contributed by atoms with E-state index in [1.807, 2.05) is 0 Å². The highest BCUT2D eigenvalue weighted by atomic mass is 35.5. The van der Waals surface area contributed by atoms with Crippen LogP contribution in [0.3, 0.4) is 0 Å². The Bertz CT molecular complexity index is 927. The Kier molecular flexibility index (Phi) is 10.0. The second-order valence-electron chi connectivity index (χ2n) is 4.86. The van der Waals surface area contributed by atoms with Gasteiger partial charge in [-0.2, -0.15) is 21.1 Å². The predicted molar refractivity (Wildman–Crippen MR) is 97.5 cm³/mol. The van der Waals surface area contributed by atoms with Gasteiger partial charge in [0.1, 0.15) is 4.90 Å². The molecule has 0 spiro atoms. The van der Waals surface area contributed by atoms with Gasteiger partial charge in [0.15, 0.2) is 5.75 Å². The van der Waals surface area contributed by atoms with Crippen LogP contribution in [-0.2, 0) is 30.8 Å². The predicted octanol–water partition coefficient (Wildman–Crippen LogP) is -1.08. The molecule has 0 unspecified atom stereocenters. The maximum Gasteiger partial charge on any atom is 0.394 e. The minimum absolute atomic E-state index is 0.00638. The van der Waals surface area contributed by atoms with Crippen LogP contribution in [0.15, 0.2) is 17.0 Å². The van der Waals surface area contributed by atoms with Gasteiger partial charge in [0.05, 0.1) is 10.7 Å². The fraction of sp³-hybridized carbons (Fsp3) is 0.400. The van der Waals surface area contributed by atoms with Gasteiger partial charge in [0.25, 0.3) is 0 Å². The Labute approximate surface area is 166 Å². The number of sulfonamides is 1. The van der Waals surface area contributed by atoms with Crippen molar-refractivity contribution in [3.63, 3.8) is 0 Å². The standard InChI is InChI=1S/C10H14ClN3O3S.2H2O4S/c11-7-1-2-8(12)9(15)10(7)18(16,17)14-5-3-13-4-6-14;2*1-5(2,3)4/h1-2,13,15H,3-6,12H2;2*(H2,1,2,3,4). The number of anilines is 1. The van der Waals surface area contributed by atoms with Crippen LogP contribution < -0.4 is 11.1 Å². The van der Waals surface area contributed by atoms with E-state index in [0.717, 1.165) is 0 Å². The number of nitrogens with zero attached hydrogens (tertiary/aromatic N) is 1. The number of phenolic OH excluding ortho intramolecular Hbond substituents is 1. The van der Waals surface area contributed by atoms with Gasteiger partial charge in [-0.25, -0.2) is 8.42 Å². The zero-order valence-electron chi connectivity index (χ0n) is 13.8. The molecule has 0 aromatic heterocycles. The van der Waals surface area contributed by atoms with Crippen LogP contribution in [0.4, 0.5) is 5.69 Å². The Morgan fingerprint density at radius 2 is 1.32 bits per heavy atom. The monoisotopic (exact) mass is 487 g/mol. The van der Waals surface area contributed by atoms with Gasteiger partial charge in [-0.3, -0.25) is 18.2 Å². The van der Waals surface area contributed by atoms with E-state index in [0.29, 0.717) is 26.2 Å². The van der Waals surface area contributed by atoms with Crippen LogP contribution in [0.1, 0.15) is 0 Å². The smallest absolute Gasteiger partial charge is 0.394 e. The summed E-state index contributed by atoms with van der Waals surface area (Å²) >= 11 is 5.87. The topological polar surface area (TPSA) is 245 Å². The zero-order valence-corrected chi connectivity index (χ0v) is 17.0. The number of hydrogen-bond acceptors (Lipinski definition) is 9. The van der Waals surface area contributed by atoms with Crippen LogP contribution in [-0.4, -0.2) is 79.1 Å². The van der Waals surface area contributed by atoms with Crippen LogP contribution in [0.2, 0.25) is 5.02 Å². The van der Waals surface area contributed by atoms with Gasteiger partial charge in [-0.05, 0) is 12.1 Å². The number of nitrogens with one attached hydrogen (secondary N) is 1. The van der Waals surface area contributed by atoms with Gasteiger partial charge in [0, 0.05) is 26.2 Å². The number of hydrogen-bond donors (Lipinski definition) is 7. The average molecular weight is 488 g/mol. The molecule has 1 aromatic rings. The van der Waals surface area contributed by atoms with Gasteiger partial charge in [-0.15, -0.1) is 0 Å². The molecule has 0 radical (unpaired) electrons. The highest BCUT2D eigenvalue weighted by Gasteiger charge is 2.31. The second-order valence-corrected chi connectivity index (χ2v) is 8.94. The lowest BCUT2D eigenvalue weighted by Gasteiger charge is -2.27. The molecule has 0 amide bonds. The third-order valence-electron chi connectivity index (χ3n) is 2.79. The Morgan fingerprint density at radius 1 is 0.929 bits per heavy atom. The molecule has 18 heteroatoms. The maximum absolute atomic E-state index is 12.4. The summed E-state index contributed by atoms with van der Waals surface area (Å²) in [4.78, 5) is -0.314. The van der Waals surface area contributed by atoms with Crippen molar-refractivity contribution in [2.24, 2.45) is 0 Å². The summed E-state index contributed by atoms with van der Waals surface area (Å²) in [6, 6.07) is 2.74. The number of nitrogens with two attached hydrogens (primary N) is 1. The Balaban J connectivity index is 0.000000607. The number of benzene rings is 1. The number of nitrogen functional groups attached to an aromatic ring is 1. The highest BCUT2D eigenvalue weighted by Crippen LogP contribution is 2.36. The first-order valence-electron chi connectivity index (χ1n) is 6.82. The molecule has 164 valence electrons. The molecule has 28 heavy (non-hydrogen) atoms. The SMILES string of the molecule is Nc1ccc(Cl)c(S(=O)(=O)N2CCNCC2)c1O.O=S(=O)(O)O.O=S(=O)(O)O. The van der Waals surface area contributed by atoms with Crippen LogP contribution in [0.25, 0.3) is 0 Å². The number of aromatic hydroxyl groups is 1. The van der Waals surface area contributed by atoms with E-state index in [1.165, 1.54) is 16.4 Å². The van der Waals surface area contributed by atoms with E-state index < -0.39 is 36.6 Å². The van der Waals surface area contributed by atoms with E-state index in [4.69, 9.17) is 52.4 Å². The molecular formula is C10H18ClN3O11S3. The van der Waals surface area contributed by atoms with Crippen molar-refractivity contribution in [1.82, 2.24) is 9.62 Å². The summed E-state index contributed by atoms with van der Waals surface area (Å²) in [6.07, 6.45) is 0. The van der Waals surface area contributed by atoms with Crippen molar-refractivity contribution in [2.45, 2.75) is 4.90 Å². The minimum Gasteiger partial charge on any atom is -0.504 e. The van der Waals surface area contributed by atoms with Crippen molar-refractivity contribution in [1.29, 1.82) is 0 Å². The van der Waals surface area contributed by atoms with E-state index >= 15 is 0 Å². The van der Waals surface area contributed by atoms with Crippen molar-refractivity contribution in [3.8, 4) is 5.75 Å². The van der Waals surface area contributed by atoms with Crippen LogP contribution in [0.5, 0.6) is 5.75 Å². The summed E-state index contributed by atoms with van der Waals surface area (Å²) < 4.78 is 89.2. The van der Waals surface area contributed by atoms with Gasteiger partial charge in [-0.1, -0.05) is 11.6 Å². The molecule has 14 nitrogen and oxygen atoms in total. The number of phenols is 1. The Morgan fingerprint density at radius 3 is 1.71 bits per heavy atom. The van der Waals surface area contributed by atoms with Crippen molar-refractivity contribution >= 4 is 48.1 Å². The molecule has 1 aliphatic rings. The molecule has 2 rings (SSSR count). The maximum atomic E-state index is 12.4. The first kappa shape index (κ1) is 26.7. The Hall–Kier alpha value is -1.28. The van der Waals surface area contributed by atoms with E-state index in [9.17, 15) is 13.5 Å². The van der Waals surface area contributed by atoms with Gasteiger partial charge < -0.3 is 16.2 Å². The fourth-order valence-electron chi connectivity index (χ4n) is 1.82. The van der Waals surface area contributed by atoms with Crippen molar-refractivity contribution in [2.75, 3.05) is 31.9 Å². The van der Waals surface area contributed by atoms with Crippen LogP contribution >= 0.6 is 11.6 Å². The lowest BCUT2D eigenvalue weighted by atomic mass is 10.3. The molecular weight excluding hydrogens is 470 g/mol. The summed E-state index contributed by atoms with van der Waals surface area (Å²) in [5, 5.41) is 12.8. The normalized spacial score (nSPS) is 15.6. The van der Waals surface area contributed by atoms with E-state index in [-0.39, 0.29) is 15.6 Å². The number of halogens is 1. The highest BCUT2D eigenvalue weighted by molar-refractivity contribution is 7.89. The third-order valence-corrected chi connectivity index (χ3v) is 5.19. The molecule has 0 saturated carbocycles. The summed E-state index contributed by atoms with van der Waals surface area (Å²) in [7, 11) is -13.1. The quantitative estimate of drug-likeness (QED) is 0.149. The van der Waals surface area contributed by atoms with Gasteiger partial charge in [0.2, 0.25) is 10.0 Å². The molecule has 1 aromatic carbocycles. The molecule has 0 atom stereocenters. The second kappa shape index (κ2) is 10.5. The van der Waals surface area contributed by atoms with Gasteiger partial charge >= 0.3 is 20.8 Å². The first-order chi connectivity index (χ1) is 12.4. The molecule has 1 heterocycles. The number of piperazine rings is 1. The molecule has 0 aliphatic carbocycles. The summed E-state index contributed by atoms with van der Waals surface area (Å²) in [6.45, 7) is 1.82. The minimum atomic E-state index is -4.67. The molecule has 0 bridgehead atoms. The zero-order chi connectivity index (χ0) is 22.3. The van der Waals surface area contributed by atoms with E-state index in [2.05, 4.69) is 5.32 Å². The lowest BCUT2D eigenvalue weighted by molar-refractivity contribution is 0.357. The fourth-order valence-corrected chi connectivity index (χ4v) is 3.86. The third kappa shape index (κ3) is 10.9. The lowest BCUT2D eigenvalue weighted by Crippen LogP contribution is -2.46. The summed E-state index contributed by atoms with van der Waals surface area (Å²) in [5.74, 6) is -0.485. The average Bonchev–Trinajstić information content (AvgIpc) is 2.49. The van der Waals surface area contributed by atoms with Crippen molar-refractivity contribution in [3.05, 3.63) is 17.2 Å². The number of rotatable bonds is 2. The molecule has 8 N–H and O–H groups in total. The molecule has 1 fully saturated rings. The largest absolute Gasteiger partial charge is 0.504 e. The van der Waals surface area contributed by atoms with Crippen molar-refractivity contribution < 1.29 is 48.6 Å². The van der Waals surface area contributed by atoms with E-state index in [1.54, 1.807) is 0 Å².